The molecule has 0 saturated carbocycles. The van der Waals surface area contributed by atoms with Crippen molar-refractivity contribution < 1.29 is 0 Å². The lowest BCUT2D eigenvalue weighted by molar-refractivity contribution is 0.935. The van der Waals surface area contributed by atoms with Gasteiger partial charge < -0.3 is 0 Å². The third-order valence-electron chi connectivity index (χ3n) is 1.07. The molecule has 2 heteroatoms. The second-order valence-electron chi connectivity index (χ2n) is 1.98. The van der Waals surface area contributed by atoms with Crippen LogP contribution in [0.5, 0.6) is 0 Å². The maximum Gasteiger partial charge on any atom is 0.109 e. The minimum absolute atomic E-state index is 1.38. The fourth-order valence-electron chi connectivity index (χ4n) is 0.722. The summed E-state index contributed by atoms with van der Waals surface area (Å²) >= 11 is 1.75. The standard InChI is InChI=1S/C4H8B.C2H6S/c1-2-4-5-3-1;1-3-2/h1-4H2;1-2H3. The Labute approximate surface area is 57.7 Å². The largest absolute Gasteiger partial charge is 0.169 e. The van der Waals surface area contributed by atoms with E-state index in [0.717, 1.165) is 0 Å². The molecular weight excluding hydrogens is 115 g/mol. The number of rotatable bonds is 0. The molecule has 0 aliphatic carbocycles. The van der Waals surface area contributed by atoms with E-state index in [1.54, 1.807) is 11.8 Å². The van der Waals surface area contributed by atoms with Crippen molar-refractivity contribution in [1.82, 2.24) is 0 Å². The van der Waals surface area contributed by atoms with Crippen molar-refractivity contribution in [2.75, 3.05) is 12.5 Å². The van der Waals surface area contributed by atoms with Gasteiger partial charge in [-0.1, -0.05) is 25.5 Å². The molecule has 1 rings (SSSR count). The number of thioether (sulfide) groups is 1. The Balaban J connectivity index is 0.000000145. The van der Waals surface area contributed by atoms with Crippen LogP contribution in [0.4, 0.5) is 0 Å². The summed E-state index contributed by atoms with van der Waals surface area (Å²) in [6.07, 6.45) is 9.72. The predicted octanol–water partition coefficient (Wildman–Crippen LogP) is 2.30. The van der Waals surface area contributed by atoms with E-state index in [4.69, 9.17) is 0 Å². The fourth-order valence-corrected chi connectivity index (χ4v) is 0.722. The lowest BCUT2D eigenvalue weighted by Gasteiger charge is -1.68. The van der Waals surface area contributed by atoms with Crippen molar-refractivity contribution in [2.24, 2.45) is 0 Å². The van der Waals surface area contributed by atoms with Crippen molar-refractivity contribution in [3.8, 4) is 0 Å². The third kappa shape index (κ3) is 6.41. The summed E-state index contributed by atoms with van der Waals surface area (Å²) in [7, 11) is 2.36. The summed E-state index contributed by atoms with van der Waals surface area (Å²) in [6, 6.07) is 0. The van der Waals surface area contributed by atoms with Gasteiger partial charge in [0.25, 0.3) is 0 Å². The number of hydrogen-bond acceptors (Lipinski definition) is 1. The van der Waals surface area contributed by atoms with Gasteiger partial charge in [0.15, 0.2) is 0 Å². The molecule has 0 aromatic carbocycles. The van der Waals surface area contributed by atoms with E-state index in [1.807, 2.05) is 12.5 Å². The SMILES string of the molecule is CSC.[B]1CCCC1. The second-order valence-corrected chi connectivity index (χ2v) is 2.80. The average Bonchev–Trinajstić information content (AvgIpc) is 2.17. The predicted molar refractivity (Wildman–Crippen MR) is 44.0 cm³/mol. The van der Waals surface area contributed by atoms with Crippen molar-refractivity contribution in [3.63, 3.8) is 0 Å². The highest BCUT2D eigenvalue weighted by atomic mass is 32.2. The van der Waals surface area contributed by atoms with Gasteiger partial charge in [-0.3, -0.25) is 0 Å². The molecule has 0 amide bonds. The molecule has 0 atom stereocenters. The zero-order valence-electron chi connectivity index (χ0n) is 5.81. The first-order chi connectivity index (χ1) is 3.91. The molecule has 0 unspecified atom stereocenters. The van der Waals surface area contributed by atoms with E-state index in [9.17, 15) is 0 Å². The number of hydrogen-bond donors (Lipinski definition) is 0. The van der Waals surface area contributed by atoms with Crippen LogP contribution in [0.25, 0.3) is 0 Å². The zero-order chi connectivity index (χ0) is 6.24. The molecule has 0 N–H and O–H groups in total. The van der Waals surface area contributed by atoms with Crippen molar-refractivity contribution in [1.29, 1.82) is 0 Å². The van der Waals surface area contributed by atoms with Crippen LogP contribution >= 0.6 is 11.8 Å². The highest BCUT2D eigenvalue weighted by molar-refractivity contribution is 7.97. The van der Waals surface area contributed by atoms with Gasteiger partial charge in [-0.25, -0.2) is 0 Å². The molecule has 1 fully saturated rings. The van der Waals surface area contributed by atoms with Crippen molar-refractivity contribution in [2.45, 2.75) is 25.5 Å². The molecule has 0 aromatic heterocycles. The minimum Gasteiger partial charge on any atom is -0.169 e. The lowest BCUT2D eigenvalue weighted by Crippen LogP contribution is -1.68. The van der Waals surface area contributed by atoms with Gasteiger partial charge in [0.2, 0.25) is 0 Å². The summed E-state index contributed by atoms with van der Waals surface area (Å²) in [6.45, 7) is 0. The zero-order valence-corrected chi connectivity index (χ0v) is 6.63. The van der Waals surface area contributed by atoms with E-state index in [-0.39, 0.29) is 0 Å². The molecule has 0 nitrogen and oxygen atoms in total. The average molecular weight is 129 g/mol. The van der Waals surface area contributed by atoms with E-state index >= 15 is 0 Å². The molecule has 47 valence electrons. The van der Waals surface area contributed by atoms with Gasteiger partial charge in [0, 0.05) is 0 Å². The first-order valence-corrected chi connectivity index (χ1v) is 4.77. The Bertz CT molecular complexity index is 27.9. The molecule has 1 aliphatic rings. The summed E-state index contributed by atoms with van der Waals surface area (Å²) in [5.74, 6) is 0. The Morgan fingerprint density at radius 2 is 1.50 bits per heavy atom. The van der Waals surface area contributed by atoms with Crippen LogP contribution in [-0.4, -0.2) is 19.8 Å². The van der Waals surface area contributed by atoms with Crippen LogP contribution in [0.1, 0.15) is 12.8 Å². The first-order valence-electron chi connectivity index (χ1n) is 3.13. The quantitative estimate of drug-likeness (QED) is 0.452. The molecule has 0 aromatic rings. The molecule has 0 bridgehead atoms. The summed E-state index contributed by atoms with van der Waals surface area (Å²) < 4.78 is 0. The summed E-state index contributed by atoms with van der Waals surface area (Å²) in [4.78, 5) is 0. The molecule has 1 saturated heterocycles. The van der Waals surface area contributed by atoms with E-state index < -0.39 is 0 Å². The second kappa shape index (κ2) is 7.41. The van der Waals surface area contributed by atoms with Crippen molar-refractivity contribution >= 4 is 19.0 Å². The Kier molecular flexibility index (Phi) is 7.80. The van der Waals surface area contributed by atoms with Crippen LogP contribution in [0.3, 0.4) is 0 Å². The Morgan fingerprint density at radius 3 is 1.62 bits per heavy atom. The van der Waals surface area contributed by atoms with Crippen LogP contribution in [0.2, 0.25) is 12.6 Å². The van der Waals surface area contributed by atoms with Gasteiger partial charge in [0.1, 0.15) is 7.28 Å². The van der Waals surface area contributed by atoms with Crippen LogP contribution in [0, 0.1) is 0 Å². The molecule has 8 heavy (non-hydrogen) atoms. The monoisotopic (exact) mass is 129 g/mol. The highest BCUT2D eigenvalue weighted by Gasteiger charge is 1.97. The topological polar surface area (TPSA) is 0 Å². The molecule has 1 radical (unpaired) electrons. The van der Waals surface area contributed by atoms with E-state index in [2.05, 4.69) is 7.28 Å². The van der Waals surface area contributed by atoms with Gasteiger partial charge in [-0.15, -0.1) is 0 Å². The smallest absolute Gasteiger partial charge is 0.109 e. The summed E-state index contributed by atoms with van der Waals surface area (Å²) in [5.41, 5.74) is 0. The Hall–Kier alpha value is 0.415. The first kappa shape index (κ1) is 8.41. The van der Waals surface area contributed by atoms with Gasteiger partial charge in [-0.2, -0.15) is 11.8 Å². The fraction of sp³-hybridized carbons (Fsp3) is 1.00. The lowest BCUT2D eigenvalue weighted by atomic mass is 9.77. The van der Waals surface area contributed by atoms with Gasteiger partial charge in [0.05, 0.1) is 0 Å². The molecule has 1 aliphatic heterocycles. The summed E-state index contributed by atoms with van der Waals surface area (Å²) in [5, 5.41) is 0. The van der Waals surface area contributed by atoms with Crippen LogP contribution < -0.4 is 0 Å². The maximum atomic E-state index is 2.36. The van der Waals surface area contributed by atoms with Crippen molar-refractivity contribution in [3.05, 3.63) is 0 Å². The van der Waals surface area contributed by atoms with Gasteiger partial charge >= 0.3 is 0 Å². The maximum absolute atomic E-state index is 2.36. The highest BCUT2D eigenvalue weighted by Crippen LogP contribution is 2.09. The van der Waals surface area contributed by atoms with E-state index in [0.29, 0.717) is 0 Å². The van der Waals surface area contributed by atoms with Crippen LogP contribution in [-0.2, 0) is 0 Å². The Morgan fingerprint density at radius 1 is 1.12 bits per heavy atom. The molecular formula is C6H14BS. The van der Waals surface area contributed by atoms with Crippen LogP contribution in [0.15, 0.2) is 0 Å². The minimum atomic E-state index is 1.38. The van der Waals surface area contributed by atoms with E-state index in [1.165, 1.54) is 25.5 Å². The molecule has 0 spiro atoms. The van der Waals surface area contributed by atoms with Gasteiger partial charge in [-0.05, 0) is 12.5 Å². The molecule has 1 heterocycles. The third-order valence-corrected chi connectivity index (χ3v) is 1.07. The normalized spacial score (nSPS) is 16.2.